The fourth-order valence-electron chi connectivity index (χ4n) is 3.25. The number of aliphatic hydroxyl groups excluding tert-OH is 1. The van der Waals surface area contributed by atoms with Crippen LogP contribution in [0.3, 0.4) is 0 Å². The van der Waals surface area contributed by atoms with E-state index in [1.165, 1.54) is 4.90 Å². The SMILES string of the molecule is CSc1ccc(OCC(O)CN2CCC(O)(c3cccnc3)CC2)cc1. The Bertz CT molecular complexity index is 673. The molecule has 1 atom stereocenters. The molecule has 1 saturated heterocycles. The van der Waals surface area contributed by atoms with Gasteiger partial charge in [-0.3, -0.25) is 4.98 Å². The van der Waals surface area contributed by atoms with E-state index in [-0.39, 0.29) is 6.61 Å². The van der Waals surface area contributed by atoms with Crippen LogP contribution in [0.5, 0.6) is 5.75 Å². The number of benzene rings is 1. The molecule has 0 spiro atoms. The van der Waals surface area contributed by atoms with Gasteiger partial charge in [0.2, 0.25) is 0 Å². The molecule has 1 aromatic carbocycles. The summed E-state index contributed by atoms with van der Waals surface area (Å²) < 4.78 is 5.68. The maximum atomic E-state index is 10.8. The molecule has 1 aromatic heterocycles. The zero-order chi connectivity index (χ0) is 18.4. The Kier molecular flexibility index (Phi) is 6.53. The number of aliphatic hydroxyl groups is 2. The predicted molar refractivity (Wildman–Crippen MR) is 104 cm³/mol. The first-order chi connectivity index (χ1) is 12.6. The van der Waals surface area contributed by atoms with E-state index in [0.29, 0.717) is 19.4 Å². The second-order valence-corrected chi connectivity index (χ2v) is 7.59. The number of pyridine rings is 1. The third-order valence-corrected chi connectivity index (χ3v) is 5.60. The number of rotatable bonds is 7. The lowest BCUT2D eigenvalue weighted by Crippen LogP contribution is -2.46. The second kappa shape index (κ2) is 8.86. The van der Waals surface area contributed by atoms with E-state index in [1.807, 2.05) is 42.7 Å². The van der Waals surface area contributed by atoms with Crippen LogP contribution in [0.2, 0.25) is 0 Å². The van der Waals surface area contributed by atoms with Gasteiger partial charge in [-0.15, -0.1) is 11.8 Å². The minimum absolute atomic E-state index is 0.266. The van der Waals surface area contributed by atoms with E-state index >= 15 is 0 Å². The van der Waals surface area contributed by atoms with Crippen LogP contribution in [0.15, 0.2) is 53.7 Å². The van der Waals surface area contributed by atoms with Crippen LogP contribution >= 0.6 is 11.8 Å². The first-order valence-electron chi connectivity index (χ1n) is 8.89. The summed E-state index contributed by atoms with van der Waals surface area (Å²) in [5.41, 5.74) is 0.0582. The van der Waals surface area contributed by atoms with E-state index in [4.69, 9.17) is 4.74 Å². The topological polar surface area (TPSA) is 65.8 Å². The van der Waals surface area contributed by atoms with Crippen LogP contribution in [0.25, 0.3) is 0 Å². The van der Waals surface area contributed by atoms with Crippen molar-refractivity contribution >= 4 is 11.8 Å². The third kappa shape index (κ3) is 4.98. The van der Waals surface area contributed by atoms with Crippen molar-refractivity contribution in [3.63, 3.8) is 0 Å². The number of hydrogen-bond donors (Lipinski definition) is 2. The van der Waals surface area contributed by atoms with Crippen LogP contribution in [-0.2, 0) is 5.60 Å². The lowest BCUT2D eigenvalue weighted by atomic mass is 9.85. The summed E-state index contributed by atoms with van der Waals surface area (Å²) in [6.07, 6.45) is 6.21. The van der Waals surface area contributed by atoms with Crippen molar-refractivity contribution in [1.82, 2.24) is 9.88 Å². The number of thioether (sulfide) groups is 1. The van der Waals surface area contributed by atoms with Gasteiger partial charge in [0.15, 0.2) is 0 Å². The molecule has 1 aliphatic rings. The molecule has 1 unspecified atom stereocenters. The van der Waals surface area contributed by atoms with Crippen LogP contribution in [0.4, 0.5) is 0 Å². The first kappa shape index (κ1) is 19.2. The fourth-order valence-corrected chi connectivity index (χ4v) is 3.66. The molecule has 26 heavy (non-hydrogen) atoms. The summed E-state index contributed by atoms with van der Waals surface area (Å²) in [7, 11) is 0. The van der Waals surface area contributed by atoms with Crippen LogP contribution < -0.4 is 4.74 Å². The van der Waals surface area contributed by atoms with Gasteiger partial charge >= 0.3 is 0 Å². The van der Waals surface area contributed by atoms with Crippen LogP contribution in [-0.4, -0.2) is 58.7 Å². The summed E-state index contributed by atoms with van der Waals surface area (Å²) in [6.45, 7) is 2.30. The number of ether oxygens (including phenoxy) is 1. The zero-order valence-corrected chi connectivity index (χ0v) is 15.9. The molecule has 6 heteroatoms. The smallest absolute Gasteiger partial charge is 0.119 e. The summed E-state index contributed by atoms with van der Waals surface area (Å²) in [4.78, 5) is 7.47. The quantitative estimate of drug-likeness (QED) is 0.726. The highest BCUT2D eigenvalue weighted by Crippen LogP contribution is 2.32. The van der Waals surface area contributed by atoms with Crippen molar-refractivity contribution in [3.05, 3.63) is 54.4 Å². The van der Waals surface area contributed by atoms with E-state index < -0.39 is 11.7 Å². The predicted octanol–water partition coefficient (Wildman–Crippen LogP) is 2.53. The average molecular weight is 375 g/mol. The highest BCUT2D eigenvalue weighted by Gasteiger charge is 2.34. The lowest BCUT2D eigenvalue weighted by molar-refractivity contribution is -0.0374. The Hall–Kier alpha value is -1.60. The van der Waals surface area contributed by atoms with Gasteiger partial charge in [0.25, 0.3) is 0 Å². The van der Waals surface area contributed by atoms with E-state index in [2.05, 4.69) is 9.88 Å². The maximum absolute atomic E-state index is 10.8. The Labute approximate surface area is 159 Å². The highest BCUT2D eigenvalue weighted by molar-refractivity contribution is 7.98. The monoisotopic (exact) mass is 374 g/mol. The Morgan fingerprint density at radius 3 is 2.58 bits per heavy atom. The minimum Gasteiger partial charge on any atom is -0.491 e. The molecular formula is C20H26N2O3S. The van der Waals surface area contributed by atoms with Gasteiger partial charge in [-0.25, -0.2) is 0 Å². The molecule has 0 bridgehead atoms. The van der Waals surface area contributed by atoms with Crippen molar-refractivity contribution in [1.29, 1.82) is 0 Å². The molecule has 5 nitrogen and oxygen atoms in total. The van der Waals surface area contributed by atoms with Crippen LogP contribution in [0, 0.1) is 0 Å². The van der Waals surface area contributed by atoms with Crippen LogP contribution in [0.1, 0.15) is 18.4 Å². The highest BCUT2D eigenvalue weighted by atomic mass is 32.2. The minimum atomic E-state index is -0.814. The van der Waals surface area contributed by atoms with Gasteiger partial charge in [0, 0.05) is 42.5 Å². The molecule has 140 valence electrons. The zero-order valence-electron chi connectivity index (χ0n) is 15.0. The molecule has 1 aliphatic heterocycles. The largest absolute Gasteiger partial charge is 0.491 e. The summed E-state index contributed by atoms with van der Waals surface area (Å²) in [6, 6.07) is 11.6. The molecule has 2 heterocycles. The number of piperidine rings is 1. The Morgan fingerprint density at radius 1 is 1.23 bits per heavy atom. The van der Waals surface area contributed by atoms with Gasteiger partial charge in [0.05, 0.1) is 5.60 Å². The number of hydrogen-bond acceptors (Lipinski definition) is 6. The Balaban J connectivity index is 1.43. The number of aromatic nitrogens is 1. The summed E-state index contributed by atoms with van der Waals surface area (Å²) in [5, 5.41) is 21.1. The molecule has 2 N–H and O–H groups in total. The lowest BCUT2D eigenvalue weighted by Gasteiger charge is -2.39. The van der Waals surface area contributed by atoms with Crippen molar-refractivity contribution in [2.24, 2.45) is 0 Å². The average Bonchev–Trinajstić information content (AvgIpc) is 2.69. The van der Waals surface area contributed by atoms with Gasteiger partial charge in [-0.05, 0) is 49.4 Å². The third-order valence-electron chi connectivity index (χ3n) is 4.85. The first-order valence-corrected chi connectivity index (χ1v) is 10.1. The molecule has 0 saturated carbocycles. The van der Waals surface area contributed by atoms with Gasteiger partial charge in [-0.1, -0.05) is 6.07 Å². The van der Waals surface area contributed by atoms with Crippen molar-refractivity contribution in [2.45, 2.75) is 29.4 Å². The maximum Gasteiger partial charge on any atom is 0.119 e. The number of likely N-dealkylation sites (tertiary alicyclic amines) is 1. The molecule has 2 aromatic rings. The summed E-state index contributed by atoms with van der Waals surface area (Å²) in [5.74, 6) is 0.770. The number of β-amino-alcohol motifs (C(OH)–C–C–N with tert-alkyl or cyclic N) is 1. The molecule has 0 radical (unpaired) electrons. The van der Waals surface area contributed by atoms with E-state index in [9.17, 15) is 10.2 Å². The molecule has 0 amide bonds. The van der Waals surface area contributed by atoms with Gasteiger partial charge < -0.3 is 19.8 Å². The normalized spacial score (nSPS) is 18.4. The standard InChI is InChI=1S/C20H26N2O3S/c1-26-19-6-4-18(5-7-19)25-15-17(23)14-22-11-8-20(24,9-12-22)16-3-2-10-21-13-16/h2-7,10,13,17,23-24H,8-9,11-12,14-15H2,1H3. The molecule has 0 aliphatic carbocycles. The van der Waals surface area contributed by atoms with Gasteiger partial charge in [-0.2, -0.15) is 0 Å². The number of nitrogens with zero attached hydrogens (tertiary/aromatic N) is 2. The fraction of sp³-hybridized carbons (Fsp3) is 0.450. The molecule has 3 rings (SSSR count). The second-order valence-electron chi connectivity index (χ2n) is 6.71. The van der Waals surface area contributed by atoms with Crippen molar-refractivity contribution in [2.75, 3.05) is 32.5 Å². The summed E-state index contributed by atoms with van der Waals surface area (Å²) >= 11 is 1.69. The van der Waals surface area contributed by atoms with E-state index in [0.717, 1.165) is 24.4 Å². The Morgan fingerprint density at radius 2 is 1.96 bits per heavy atom. The molecule has 1 fully saturated rings. The van der Waals surface area contributed by atoms with Gasteiger partial charge in [0.1, 0.15) is 18.5 Å². The molecular weight excluding hydrogens is 348 g/mol. The van der Waals surface area contributed by atoms with Crippen molar-refractivity contribution < 1.29 is 14.9 Å². The van der Waals surface area contributed by atoms with E-state index in [1.54, 1.807) is 24.2 Å². The van der Waals surface area contributed by atoms with Crippen molar-refractivity contribution in [3.8, 4) is 5.75 Å².